The summed E-state index contributed by atoms with van der Waals surface area (Å²) in [5.41, 5.74) is 11.5. The van der Waals surface area contributed by atoms with Gasteiger partial charge in [0.1, 0.15) is 4.33 Å². The van der Waals surface area contributed by atoms with Gasteiger partial charge in [0.05, 0.1) is 12.6 Å². The number of anilines is 1. The molecule has 0 saturated carbocycles. The summed E-state index contributed by atoms with van der Waals surface area (Å²) in [4.78, 5) is 2.43. The van der Waals surface area contributed by atoms with E-state index in [-0.39, 0.29) is 6.04 Å². The molecular weight excluding hydrogens is 417 g/mol. The van der Waals surface area contributed by atoms with Crippen molar-refractivity contribution in [1.29, 1.82) is 0 Å². The van der Waals surface area contributed by atoms with Crippen LogP contribution in [0.4, 0.5) is 5.69 Å². The number of nitrogens with one attached hydrogen (secondary N) is 1. The van der Waals surface area contributed by atoms with Gasteiger partial charge in [0.2, 0.25) is 0 Å². The molecule has 0 spiro atoms. The molecule has 0 fully saturated rings. The monoisotopic (exact) mass is 453 g/mol. The average Bonchev–Trinajstić information content (AvgIpc) is 2.96. The molecule has 1 heterocycles. The van der Waals surface area contributed by atoms with Gasteiger partial charge in [-0.05, 0) is 39.2 Å². The number of hydrazine groups is 1. The summed E-state index contributed by atoms with van der Waals surface area (Å²) in [6.07, 6.45) is 5.27. The summed E-state index contributed by atoms with van der Waals surface area (Å²) >= 11 is 12.4. The first-order valence-corrected chi connectivity index (χ1v) is 11.6. The van der Waals surface area contributed by atoms with E-state index in [0.29, 0.717) is 37.7 Å². The molecule has 2 rings (SSSR count). The van der Waals surface area contributed by atoms with Gasteiger partial charge in [-0.3, -0.25) is 0 Å². The molecular formula is C23H37Cl2N5. The Bertz CT molecular complexity index is 762. The van der Waals surface area contributed by atoms with Crippen LogP contribution in [0.3, 0.4) is 0 Å². The Morgan fingerprint density at radius 3 is 2.73 bits per heavy atom. The van der Waals surface area contributed by atoms with Crippen molar-refractivity contribution in [3.05, 3.63) is 47.8 Å². The van der Waals surface area contributed by atoms with Crippen molar-refractivity contribution >= 4 is 34.6 Å². The molecule has 1 aromatic rings. The second-order valence-electron chi connectivity index (χ2n) is 8.19. The van der Waals surface area contributed by atoms with Crippen molar-refractivity contribution in [2.24, 2.45) is 11.6 Å². The van der Waals surface area contributed by atoms with E-state index >= 15 is 0 Å². The molecule has 0 saturated heterocycles. The number of nitrogens with two attached hydrogens (primary N) is 2. The van der Waals surface area contributed by atoms with Crippen LogP contribution < -0.4 is 16.9 Å². The Hall–Kier alpha value is -1.56. The molecule has 2 atom stereocenters. The zero-order valence-corrected chi connectivity index (χ0v) is 20.2. The fourth-order valence-electron chi connectivity index (χ4n) is 4.13. The summed E-state index contributed by atoms with van der Waals surface area (Å²) < 4.78 is -0.762. The summed E-state index contributed by atoms with van der Waals surface area (Å²) in [5.74, 6) is 6.03. The van der Waals surface area contributed by atoms with Gasteiger partial charge >= 0.3 is 0 Å². The SMILES string of the molecule is C=C1c2cccc(NC/C(N)=C/N(N)CCC(Cl)(Cl)CC)c2C(C)N1C(C)CCC. The molecule has 0 radical (unpaired) electrons. The van der Waals surface area contributed by atoms with Gasteiger partial charge in [0.15, 0.2) is 0 Å². The number of hydrogen-bond acceptors (Lipinski definition) is 5. The Balaban J connectivity index is 2.05. The van der Waals surface area contributed by atoms with Gasteiger partial charge in [-0.2, -0.15) is 0 Å². The summed E-state index contributed by atoms with van der Waals surface area (Å²) in [6.45, 7) is 14.1. The van der Waals surface area contributed by atoms with Gasteiger partial charge in [0.25, 0.3) is 0 Å². The van der Waals surface area contributed by atoms with Crippen molar-refractivity contribution < 1.29 is 0 Å². The van der Waals surface area contributed by atoms with Crippen molar-refractivity contribution in [3.8, 4) is 0 Å². The van der Waals surface area contributed by atoms with Crippen molar-refractivity contribution in [1.82, 2.24) is 9.91 Å². The molecule has 1 aliphatic rings. The fourth-order valence-corrected chi connectivity index (χ4v) is 4.30. The third-order valence-corrected chi connectivity index (χ3v) is 6.73. The lowest BCUT2D eigenvalue weighted by atomic mass is 10.0. The highest BCUT2D eigenvalue weighted by molar-refractivity contribution is 6.48. The first-order valence-electron chi connectivity index (χ1n) is 10.8. The van der Waals surface area contributed by atoms with Crippen LogP contribution in [-0.4, -0.2) is 33.4 Å². The number of nitrogens with zero attached hydrogens (tertiary/aromatic N) is 2. The Labute approximate surface area is 192 Å². The Morgan fingerprint density at radius 1 is 1.40 bits per heavy atom. The minimum atomic E-state index is -0.762. The van der Waals surface area contributed by atoms with E-state index in [1.54, 1.807) is 11.2 Å². The standard InChI is InChI=1S/C23H37Cl2N5/c1-6-9-16(3)30-17(4)20-10-8-11-21(22(20)18(30)5)28-14-19(26)15-29(27)13-12-23(24,25)7-2/h8,10-11,15-16,18,28H,4,6-7,9,12-14,26-27H2,1-3,5H3/b19-15-. The van der Waals surface area contributed by atoms with Gasteiger partial charge in [0, 0.05) is 47.0 Å². The lowest BCUT2D eigenvalue weighted by Crippen LogP contribution is -2.32. The predicted octanol–water partition coefficient (Wildman–Crippen LogP) is 5.58. The van der Waals surface area contributed by atoms with Crippen LogP contribution in [0.25, 0.3) is 5.70 Å². The van der Waals surface area contributed by atoms with Gasteiger partial charge in [-0.1, -0.05) is 39.0 Å². The van der Waals surface area contributed by atoms with Crippen LogP contribution in [0.15, 0.2) is 36.7 Å². The second kappa shape index (κ2) is 10.7. The lowest BCUT2D eigenvalue weighted by Gasteiger charge is -2.32. The zero-order valence-electron chi connectivity index (χ0n) is 18.7. The molecule has 5 N–H and O–H groups in total. The topological polar surface area (TPSA) is 70.5 Å². The molecule has 168 valence electrons. The third kappa shape index (κ3) is 5.99. The van der Waals surface area contributed by atoms with Crippen molar-refractivity contribution in [3.63, 3.8) is 0 Å². The largest absolute Gasteiger partial charge is 0.399 e. The van der Waals surface area contributed by atoms with Crippen LogP contribution in [0, 0.1) is 0 Å². The van der Waals surface area contributed by atoms with E-state index in [0.717, 1.165) is 24.2 Å². The minimum Gasteiger partial charge on any atom is -0.399 e. The molecule has 1 aromatic carbocycles. The summed E-state index contributed by atoms with van der Waals surface area (Å²) in [5, 5.41) is 5.02. The molecule has 0 aromatic heterocycles. The van der Waals surface area contributed by atoms with Gasteiger partial charge in [-0.15, -0.1) is 23.2 Å². The molecule has 5 nitrogen and oxygen atoms in total. The van der Waals surface area contributed by atoms with Crippen LogP contribution in [0.1, 0.15) is 70.5 Å². The highest BCUT2D eigenvalue weighted by Crippen LogP contribution is 2.45. The zero-order chi connectivity index (χ0) is 22.5. The summed E-state index contributed by atoms with van der Waals surface area (Å²) in [7, 11) is 0. The maximum atomic E-state index is 6.20. The van der Waals surface area contributed by atoms with Crippen molar-refractivity contribution in [2.75, 3.05) is 18.4 Å². The Kier molecular flexibility index (Phi) is 8.77. The fraction of sp³-hybridized carbons (Fsp3) is 0.565. The molecule has 0 amide bonds. The quantitative estimate of drug-likeness (QED) is 0.231. The van der Waals surface area contributed by atoms with E-state index in [4.69, 9.17) is 34.8 Å². The number of alkyl halides is 2. The van der Waals surface area contributed by atoms with Crippen LogP contribution in [0.5, 0.6) is 0 Å². The molecule has 2 unspecified atom stereocenters. The average molecular weight is 454 g/mol. The van der Waals surface area contributed by atoms with Gasteiger partial charge < -0.3 is 21.0 Å². The number of hydrogen-bond donors (Lipinski definition) is 3. The highest BCUT2D eigenvalue weighted by atomic mass is 35.5. The number of rotatable bonds is 11. The highest BCUT2D eigenvalue weighted by Gasteiger charge is 2.34. The van der Waals surface area contributed by atoms with E-state index in [9.17, 15) is 0 Å². The Morgan fingerprint density at radius 2 is 2.10 bits per heavy atom. The number of halogens is 2. The molecule has 0 aliphatic carbocycles. The minimum absolute atomic E-state index is 0.267. The van der Waals surface area contributed by atoms with Crippen LogP contribution in [-0.2, 0) is 0 Å². The lowest BCUT2D eigenvalue weighted by molar-refractivity contribution is 0.251. The third-order valence-electron chi connectivity index (χ3n) is 5.81. The van der Waals surface area contributed by atoms with E-state index in [1.165, 1.54) is 11.1 Å². The van der Waals surface area contributed by atoms with E-state index in [2.05, 4.69) is 55.8 Å². The number of benzene rings is 1. The van der Waals surface area contributed by atoms with Crippen LogP contribution >= 0.6 is 23.2 Å². The maximum absolute atomic E-state index is 6.20. The normalized spacial score (nSPS) is 17.8. The molecule has 7 heteroatoms. The number of fused-ring (bicyclic) bond motifs is 1. The molecule has 30 heavy (non-hydrogen) atoms. The molecule has 0 bridgehead atoms. The first-order chi connectivity index (χ1) is 14.1. The summed E-state index contributed by atoms with van der Waals surface area (Å²) in [6, 6.07) is 7.03. The van der Waals surface area contributed by atoms with Gasteiger partial charge in [-0.25, -0.2) is 5.84 Å². The molecule has 1 aliphatic heterocycles. The second-order valence-corrected chi connectivity index (χ2v) is 9.83. The van der Waals surface area contributed by atoms with Crippen LogP contribution in [0.2, 0.25) is 0 Å². The smallest absolute Gasteiger partial charge is 0.119 e. The van der Waals surface area contributed by atoms with E-state index in [1.807, 2.05) is 6.92 Å². The van der Waals surface area contributed by atoms with Crippen molar-refractivity contribution in [2.45, 2.75) is 69.8 Å². The van der Waals surface area contributed by atoms with E-state index < -0.39 is 4.33 Å². The first kappa shape index (κ1) is 24.7. The predicted molar refractivity (Wildman–Crippen MR) is 131 cm³/mol. The maximum Gasteiger partial charge on any atom is 0.119 e.